The summed E-state index contributed by atoms with van der Waals surface area (Å²) in [5.74, 6) is 0.759. The standard InChI is InChI=1S/C16H25N3/c1-13-10-17-11-15(13)19-9-8-18(2)12-16(19)14-6-4-3-5-7-14/h3-7,13,15-17H,8-12H2,1-2H3. The fraction of sp³-hybridized carbons (Fsp3) is 0.625. The van der Waals surface area contributed by atoms with E-state index in [9.17, 15) is 0 Å². The van der Waals surface area contributed by atoms with Crippen LogP contribution >= 0.6 is 0 Å². The number of nitrogens with zero attached hydrogens (tertiary/aromatic N) is 2. The van der Waals surface area contributed by atoms with E-state index in [0.717, 1.165) is 19.0 Å². The lowest BCUT2D eigenvalue weighted by Gasteiger charge is -2.44. The Morgan fingerprint density at radius 1 is 1.11 bits per heavy atom. The first-order valence-electron chi connectivity index (χ1n) is 7.45. The van der Waals surface area contributed by atoms with E-state index < -0.39 is 0 Å². The third-order valence-electron chi connectivity index (χ3n) is 4.71. The molecule has 1 aromatic carbocycles. The van der Waals surface area contributed by atoms with Crippen LogP contribution in [0.15, 0.2) is 30.3 Å². The molecule has 0 spiro atoms. The van der Waals surface area contributed by atoms with E-state index in [1.807, 2.05) is 0 Å². The van der Waals surface area contributed by atoms with Gasteiger partial charge in [-0.25, -0.2) is 0 Å². The summed E-state index contributed by atoms with van der Waals surface area (Å²) in [6.07, 6.45) is 0. The lowest BCUT2D eigenvalue weighted by Crippen LogP contribution is -2.52. The van der Waals surface area contributed by atoms with Gasteiger partial charge in [0.05, 0.1) is 0 Å². The van der Waals surface area contributed by atoms with Crippen molar-refractivity contribution in [2.24, 2.45) is 5.92 Å². The van der Waals surface area contributed by atoms with E-state index in [1.165, 1.54) is 25.2 Å². The molecule has 2 aliphatic rings. The van der Waals surface area contributed by atoms with E-state index in [4.69, 9.17) is 0 Å². The Morgan fingerprint density at radius 3 is 2.58 bits per heavy atom. The Balaban J connectivity index is 1.84. The molecule has 104 valence electrons. The van der Waals surface area contributed by atoms with E-state index in [-0.39, 0.29) is 0 Å². The van der Waals surface area contributed by atoms with Crippen LogP contribution in [0.25, 0.3) is 0 Å². The molecule has 19 heavy (non-hydrogen) atoms. The summed E-state index contributed by atoms with van der Waals surface area (Å²) in [6, 6.07) is 12.2. The highest BCUT2D eigenvalue weighted by Gasteiger charge is 2.36. The molecule has 0 aromatic heterocycles. The maximum atomic E-state index is 3.55. The molecule has 3 heteroatoms. The molecule has 2 fully saturated rings. The zero-order valence-corrected chi connectivity index (χ0v) is 12.0. The lowest BCUT2D eigenvalue weighted by atomic mass is 9.96. The second-order valence-electron chi connectivity index (χ2n) is 6.13. The Kier molecular flexibility index (Phi) is 3.87. The number of likely N-dealkylation sites (N-methyl/N-ethyl adjacent to an activating group) is 1. The van der Waals surface area contributed by atoms with Crippen LogP contribution < -0.4 is 5.32 Å². The largest absolute Gasteiger partial charge is 0.315 e. The highest BCUT2D eigenvalue weighted by atomic mass is 15.3. The maximum Gasteiger partial charge on any atom is 0.0479 e. The molecule has 0 bridgehead atoms. The molecule has 0 amide bonds. The van der Waals surface area contributed by atoms with Crippen LogP contribution in [0.1, 0.15) is 18.5 Å². The van der Waals surface area contributed by atoms with Gasteiger partial charge in [0.2, 0.25) is 0 Å². The van der Waals surface area contributed by atoms with Gasteiger partial charge < -0.3 is 10.2 Å². The third kappa shape index (κ3) is 2.69. The van der Waals surface area contributed by atoms with Gasteiger partial charge >= 0.3 is 0 Å². The average molecular weight is 259 g/mol. The summed E-state index contributed by atoms with van der Waals surface area (Å²) >= 11 is 0. The van der Waals surface area contributed by atoms with Crippen LogP contribution in [0, 0.1) is 5.92 Å². The molecule has 0 aliphatic carbocycles. The van der Waals surface area contributed by atoms with Gasteiger partial charge in [-0.05, 0) is 25.1 Å². The fourth-order valence-electron chi connectivity index (χ4n) is 3.54. The summed E-state index contributed by atoms with van der Waals surface area (Å²) in [7, 11) is 2.24. The molecular weight excluding hydrogens is 234 g/mol. The van der Waals surface area contributed by atoms with Gasteiger partial charge in [-0.1, -0.05) is 37.3 Å². The zero-order valence-electron chi connectivity index (χ0n) is 12.0. The van der Waals surface area contributed by atoms with Crippen LogP contribution in [-0.2, 0) is 0 Å². The van der Waals surface area contributed by atoms with Crippen molar-refractivity contribution in [1.29, 1.82) is 0 Å². The highest BCUT2D eigenvalue weighted by Crippen LogP contribution is 2.30. The van der Waals surface area contributed by atoms with Gasteiger partial charge in [-0.2, -0.15) is 0 Å². The molecular formula is C16H25N3. The highest BCUT2D eigenvalue weighted by molar-refractivity contribution is 5.20. The maximum absolute atomic E-state index is 3.55. The molecule has 2 aliphatic heterocycles. The minimum absolute atomic E-state index is 0.548. The molecule has 3 nitrogen and oxygen atoms in total. The van der Waals surface area contributed by atoms with Gasteiger partial charge in [-0.15, -0.1) is 0 Å². The molecule has 1 N–H and O–H groups in total. The van der Waals surface area contributed by atoms with Crippen molar-refractivity contribution in [3.8, 4) is 0 Å². The predicted octanol–water partition coefficient (Wildman–Crippen LogP) is 1.58. The quantitative estimate of drug-likeness (QED) is 0.870. The first-order valence-corrected chi connectivity index (χ1v) is 7.45. The predicted molar refractivity (Wildman–Crippen MR) is 79.2 cm³/mol. The molecule has 3 rings (SSSR count). The Morgan fingerprint density at radius 2 is 1.89 bits per heavy atom. The van der Waals surface area contributed by atoms with E-state index >= 15 is 0 Å². The average Bonchev–Trinajstić information content (AvgIpc) is 2.86. The number of nitrogens with one attached hydrogen (secondary N) is 1. The van der Waals surface area contributed by atoms with Gasteiger partial charge in [0.25, 0.3) is 0 Å². The summed E-state index contributed by atoms with van der Waals surface area (Å²) in [4.78, 5) is 5.20. The SMILES string of the molecule is CC1CNCC1N1CCN(C)CC1c1ccccc1. The van der Waals surface area contributed by atoms with Crippen molar-refractivity contribution in [3.05, 3.63) is 35.9 Å². The molecule has 1 aromatic rings. The Hall–Kier alpha value is -0.900. The van der Waals surface area contributed by atoms with E-state index in [0.29, 0.717) is 12.1 Å². The van der Waals surface area contributed by atoms with E-state index in [2.05, 4.69) is 59.4 Å². The van der Waals surface area contributed by atoms with E-state index in [1.54, 1.807) is 0 Å². The Labute approximate surface area is 116 Å². The number of hydrogen-bond donors (Lipinski definition) is 1. The molecule has 3 atom stereocenters. The normalized spacial score (nSPS) is 33.7. The monoisotopic (exact) mass is 259 g/mol. The second kappa shape index (κ2) is 5.61. The summed E-state index contributed by atoms with van der Waals surface area (Å²) in [6.45, 7) is 8.21. The van der Waals surface area contributed by atoms with Crippen LogP contribution in [0.3, 0.4) is 0 Å². The third-order valence-corrected chi connectivity index (χ3v) is 4.71. The molecule has 0 saturated carbocycles. The first-order chi connectivity index (χ1) is 9.25. The van der Waals surface area contributed by atoms with Crippen LogP contribution in [-0.4, -0.2) is 55.6 Å². The van der Waals surface area contributed by atoms with Crippen molar-refractivity contribution in [2.45, 2.75) is 19.0 Å². The summed E-state index contributed by atoms with van der Waals surface area (Å²) in [5, 5.41) is 3.55. The van der Waals surface area contributed by atoms with Crippen molar-refractivity contribution >= 4 is 0 Å². The number of piperazine rings is 1. The van der Waals surface area contributed by atoms with Crippen LogP contribution in [0.2, 0.25) is 0 Å². The van der Waals surface area contributed by atoms with Crippen molar-refractivity contribution in [1.82, 2.24) is 15.1 Å². The number of rotatable bonds is 2. The van der Waals surface area contributed by atoms with Crippen LogP contribution in [0.5, 0.6) is 0 Å². The minimum atomic E-state index is 0.548. The van der Waals surface area contributed by atoms with Gasteiger partial charge in [0.1, 0.15) is 0 Å². The Bertz CT molecular complexity index is 406. The smallest absolute Gasteiger partial charge is 0.0479 e. The van der Waals surface area contributed by atoms with Crippen molar-refractivity contribution in [3.63, 3.8) is 0 Å². The molecule has 3 unspecified atom stereocenters. The number of benzene rings is 1. The van der Waals surface area contributed by atoms with Crippen LogP contribution in [0.4, 0.5) is 0 Å². The van der Waals surface area contributed by atoms with Gasteiger partial charge in [-0.3, -0.25) is 4.90 Å². The fourth-order valence-corrected chi connectivity index (χ4v) is 3.54. The number of hydrogen-bond acceptors (Lipinski definition) is 3. The molecule has 0 radical (unpaired) electrons. The molecule has 2 saturated heterocycles. The van der Waals surface area contributed by atoms with Crippen molar-refractivity contribution in [2.75, 3.05) is 39.8 Å². The minimum Gasteiger partial charge on any atom is -0.315 e. The molecule has 2 heterocycles. The topological polar surface area (TPSA) is 18.5 Å². The van der Waals surface area contributed by atoms with Crippen molar-refractivity contribution < 1.29 is 0 Å². The second-order valence-corrected chi connectivity index (χ2v) is 6.13. The lowest BCUT2D eigenvalue weighted by molar-refractivity contribution is 0.0447. The van der Waals surface area contributed by atoms with Gasteiger partial charge in [0, 0.05) is 38.3 Å². The summed E-state index contributed by atoms with van der Waals surface area (Å²) < 4.78 is 0. The van der Waals surface area contributed by atoms with Gasteiger partial charge in [0.15, 0.2) is 0 Å². The zero-order chi connectivity index (χ0) is 13.2. The first kappa shape index (κ1) is 13.1. The summed E-state index contributed by atoms with van der Waals surface area (Å²) in [5.41, 5.74) is 1.47.